The second-order valence-electron chi connectivity index (χ2n) is 5.00. The predicted octanol–water partition coefficient (Wildman–Crippen LogP) is 3.50. The van der Waals surface area contributed by atoms with Crippen LogP contribution in [-0.2, 0) is 6.54 Å². The lowest BCUT2D eigenvalue weighted by atomic mass is 10.2. The van der Waals surface area contributed by atoms with Gasteiger partial charge >= 0.3 is 0 Å². The molecule has 3 aromatic rings. The van der Waals surface area contributed by atoms with Crippen molar-refractivity contribution >= 4 is 32.7 Å². The van der Waals surface area contributed by atoms with Gasteiger partial charge in [0.2, 0.25) is 0 Å². The van der Waals surface area contributed by atoms with E-state index in [1.54, 1.807) is 11.9 Å². The quantitative estimate of drug-likeness (QED) is 0.788. The van der Waals surface area contributed by atoms with Gasteiger partial charge in [0, 0.05) is 28.5 Å². The smallest absolute Gasteiger partial charge is 0.270 e. The standard InChI is InChI=1S/C15H14BrN3O2/c1-9-5-12(18-21-9)8-19(2)15(20)14-6-10-3-4-11(16)7-13(10)17-14/h3-7,17H,8H2,1-2H3. The number of halogens is 1. The molecule has 0 aliphatic rings. The lowest BCUT2D eigenvalue weighted by molar-refractivity contribution is 0.0777. The minimum absolute atomic E-state index is 0.0806. The number of hydrogen-bond acceptors (Lipinski definition) is 3. The molecule has 0 aliphatic carbocycles. The first kappa shape index (κ1) is 13.9. The Labute approximate surface area is 130 Å². The van der Waals surface area contributed by atoms with Gasteiger partial charge in [-0.15, -0.1) is 0 Å². The molecule has 108 valence electrons. The number of carbonyl (C=O) groups excluding carboxylic acids is 1. The Morgan fingerprint density at radius 2 is 2.19 bits per heavy atom. The van der Waals surface area contributed by atoms with E-state index in [4.69, 9.17) is 4.52 Å². The van der Waals surface area contributed by atoms with Crippen LogP contribution in [0.4, 0.5) is 0 Å². The number of nitrogens with one attached hydrogen (secondary N) is 1. The van der Waals surface area contributed by atoms with E-state index in [2.05, 4.69) is 26.1 Å². The number of fused-ring (bicyclic) bond motifs is 1. The van der Waals surface area contributed by atoms with Crippen molar-refractivity contribution in [1.82, 2.24) is 15.0 Å². The van der Waals surface area contributed by atoms with Crippen molar-refractivity contribution in [3.8, 4) is 0 Å². The van der Waals surface area contributed by atoms with E-state index >= 15 is 0 Å². The van der Waals surface area contributed by atoms with E-state index < -0.39 is 0 Å². The first-order valence-corrected chi connectivity index (χ1v) is 7.28. The van der Waals surface area contributed by atoms with E-state index in [0.717, 1.165) is 26.8 Å². The summed E-state index contributed by atoms with van der Waals surface area (Å²) in [7, 11) is 1.74. The lowest BCUT2D eigenvalue weighted by Gasteiger charge is -2.14. The zero-order valence-corrected chi connectivity index (χ0v) is 13.3. The van der Waals surface area contributed by atoms with Crippen LogP contribution in [0.3, 0.4) is 0 Å². The van der Waals surface area contributed by atoms with Gasteiger partial charge in [0.15, 0.2) is 0 Å². The molecule has 0 atom stereocenters. The largest absolute Gasteiger partial charge is 0.361 e. The van der Waals surface area contributed by atoms with E-state index in [1.165, 1.54) is 0 Å². The molecule has 2 aromatic heterocycles. The molecule has 6 heteroatoms. The molecule has 21 heavy (non-hydrogen) atoms. The maximum atomic E-state index is 12.4. The molecule has 0 fully saturated rings. The average molecular weight is 348 g/mol. The van der Waals surface area contributed by atoms with Crippen molar-refractivity contribution in [1.29, 1.82) is 0 Å². The Kier molecular flexibility index (Phi) is 3.55. The predicted molar refractivity (Wildman–Crippen MR) is 83.0 cm³/mol. The minimum Gasteiger partial charge on any atom is -0.361 e. The van der Waals surface area contributed by atoms with Crippen molar-refractivity contribution in [3.63, 3.8) is 0 Å². The summed E-state index contributed by atoms with van der Waals surface area (Å²) in [5, 5.41) is 4.91. The van der Waals surface area contributed by atoms with Gasteiger partial charge in [-0.2, -0.15) is 0 Å². The molecule has 5 nitrogen and oxygen atoms in total. The number of hydrogen-bond donors (Lipinski definition) is 1. The summed E-state index contributed by atoms with van der Waals surface area (Å²) < 4.78 is 5.99. The number of aromatic amines is 1. The number of nitrogens with zero attached hydrogens (tertiary/aromatic N) is 2. The van der Waals surface area contributed by atoms with Crippen LogP contribution in [0.5, 0.6) is 0 Å². The summed E-state index contributed by atoms with van der Waals surface area (Å²) in [6, 6.07) is 9.55. The van der Waals surface area contributed by atoms with Gasteiger partial charge in [-0.25, -0.2) is 0 Å². The van der Waals surface area contributed by atoms with Crippen LogP contribution in [0.25, 0.3) is 10.9 Å². The van der Waals surface area contributed by atoms with E-state index in [1.807, 2.05) is 37.3 Å². The van der Waals surface area contributed by atoms with E-state index in [9.17, 15) is 4.79 Å². The average Bonchev–Trinajstić information content (AvgIpc) is 3.03. The lowest BCUT2D eigenvalue weighted by Crippen LogP contribution is -2.26. The third-order valence-corrected chi connectivity index (χ3v) is 3.73. The Bertz CT molecular complexity index is 806. The number of carbonyl (C=O) groups is 1. The van der Waals surface area contributed by atoms with Crippen LogP contribution in [0, 0.1) is 6.92 Å². The third kappa shape index (κ3) is 2.85. The maximum absolute atomic E-state index is 12.4. The number of aromatic nitrogens is 2. The molecule has 0 aliphatic heterocycles. The van der Waals surface area contributed by atoms with Crippen LogP contribution in [0.2, 0.25) is 0 Å². The fourth-order valence-corrected chi connectivity index (χ4v) is 2.59. The second-order valence-corrected chi connectivity index (χ2v) is 5.92. The molecule has 2 heterocycles. The van der Waals surface area contributed by atoms with Crippen LogP contribution in [0.1, 0.15) is 21.9 Å². The molecule has 0 radical (unpaired) electrons. The highest BCUT2D eigenvalue weighted by Crippen LogP contribution is 2.21. The maximum Gasteiger partial charge on any atom is 0.270 e. The summed E-state index contributed by atoms with van der Waals surface area (Å²) in [6.07, 6.45) is 0. The molecule has 3 rings (SSSR count). The van der Waals surface area contributed by atoms with Crippen molar-refractivity contribution in [2.24, 2.45) is 0 Å². The van der Waals surface area contributed by atoms with Gasteiger partial charge in [0.25, 0.3) is 5.91 Å². The highest BCUT2D eigenvalue weighted by molar-refractivity contribution is 9.10. The first-order valence-electron chi connectivity index (χ1n) is 6.49. The van der Waals surface area contributed by atoms with Crippen LogP contribution >= 0.6 is 15.9 Å². The highest BCUT2D eigenvalue weighted by Gasteiger charge is 2.16. The molecule has 1 amide bonds. The van der Waals surface area contributed by atoms with Gasteiger partial charge in [-0.3, -0.25) is 4.79 Å². The summed E-state index contributed by atoms with van der Waals surface area (Å²) in [5.41, 5.74) is 2.23. The molecule has 0 spiro atoms. The number of amides is 1. The van der Waals surface area contributed by atoms with Crippen LogP contribution in [-0.4, -0.2) is 28.0 Å². The van der Waals surface area contributed by atoms with Gasteiger partial charge in [0.1, 0.15) is 17.1 Å². The zero-order chi connectivity index (χ0) is 15.0. The van der Waals surface area contributed by atoms with Crippen molar-refractivity contribution < 1.29 is 9.32 Å². The molecular weight excluding hydrogens is 334 g/mol. The highest BCUT2D eigenvalue weighted by atomic mass is 79.9. The Morgan fingerprint density at radius 1 is 1.38 bits per heavy atom. The SMILES string of the molecule is Cc1cc(CN(C)C(=O)c2cc3ccc(Br)cc3[nH]2)no1. The Hall–Kier alpha value is -2.08. The van der Waals surface area contributed by atoms with Gasteiger partial charge in [-0.05, 0) is 25.1 Å². The molecule has 0 saturated carbocycles. The summed E-state index contributed by atoms with van der Waals surface area (Å²) in [6.45, 7) is 2.24. The fourth-order valence-electron chi connectivity index (χ4n) is 2.23. The monoisotopic (exact) mass is 347 g/mol. The van der Waals surface area contributed by atoms with E-state index in [0.29, 0.717) is 12.2 Å². The van der Waals surface area contributed by atoms with Gasteiger partial charge in [0.05, 0.1) is 6.54 Å². The number of rotatable bonds is 3. The number of H-pyrrole nitrogens is 1. The first-order chi connectivity index (χ1) is 10.0. The van der Waals surface area contributed by atoms with E-state index in [-0.39, 0.29) is 5.91 Å². The molecular formula is C15H14BrN3O2. The summed E-state index contributed by atoms with van der Waals surface area (Å²) in [5.74, 6) is 0.657. The number of benzene rings is 1. The van der Waals surface area contributed by atoms with Crippen LogP contribution < -0.4 is 0 Å². The normalized spacial score (nSPS) is 11.0. The van der Waals surface area contributed by atoms with Crippen molar-refractivity contribution in [2.45, 2.75) is 13.5 Å². The minimum atomic E-state index is -0.0806. The zero-order valence-electron chi connectivity index (χ0n) is 11.7. The summed E-state index contributed by atoms with van der Waals surface area (Å²) >= 11 is 3.42. The van der Waals surface area contributed by atoms with Gasteiger partial charge < -0.3 is 14.4 Å². The van der Waals surface area contributed by atoms with Gasteiger partial charge in [-0.1, -0.05) is 27.2 Å². The third-order valence-electron chi connectivity index (χ3n) is 3.24. The fraction of sp³-hybridized carbons (Fsp3) is 0.200. The van der Waals surface area contributed by atoms with Crippen molar-refractivity contribution in [3.05, 3.63) is 52.0 Å². The number of aryl methyl sites for hydroxylation is 1. The summed E-state index contributed by atoms with van der Waals surface area (Å²) in [4.78, 5) is 17.2. The molecule has 0 bridgehead atoms. The van der Waals surface area contributed by atoms with Crippen molar-refractivity contribution in [2.75, 3.05) is 7.05 Å². The van der Waals surface area contributed by atoms with Crippen LogP contribution in [0.15, 0.2) is 39.3 Å². The molecule has 0 unspecified atom stereocenters. The second kappa shape index (κ2) is 5.37. The molecule has 0 saturated heterocycles. The molecule has 1 N–H and O–H groups in total. The molecule has 1 aromatic carbocycles. The topological polar surface area (TPSA) is 62.1 Å². The Morgan fingerprint density at radius 3 is 2.90 bits per heavy atom. The Balaban J connectivity index is 1.82.